The summed E-state index contributed by atoms with van der Waals surface area (Å²) in [5.41, 5.74) is 1.44. The largest absolute Gasteiger partial charge is 0.370 e. The molecule has 4 rings (SSSR count). The van der Waals surface area contributed by atoms with Crippen molar-refractivity contribution in [3.63, 3.8) is 0 Å². The highest BCUT2D eigenvalue weighted by molar-refractivity contribution is 6.33. The van der Waals surface area contributed by atoms with Crippen molar-refractivity contribution in [3.8, 4) is 11.3 Å². The standard InChI is InChI=1S/C24H31ClN6O2/c1-16(32)31-10-7-17(8-11-31)13-27-22-6-2-5-21(29-22)19-12-23(28-15-20(19)25)30-24(33)18-4-3-9-26-14-18/h2,5-6,12,15,17-18,26H,3-4,7-11,13-14H2,1H3,(H,27,29)(H,28,30,33)/t18-/m1/s1. The van der Waals surface area contributed by atoms with E-state index in [9.17, 15) is 9.59 Å². The van der Waals surface area contributed by atoms with E-state index in [-0.39, 0.29) is 17.7 Å². The Bertz CT molecular complexity index is 987. The average Bonchev–Trinajstić information content (AvgIpc) is 2.85. The van der Waals surface area contributed by atoms with Crippen LogP contribution in [0.2, 0.25) is 5.02 Å². The molecule has 2 aliphatic rings. The summed E-state index contributed by atoms with van der Waals surface area (Å²) in [5, 5.41) is 10.1. The first-order valence-corrected chi connectivity index (χ1v) is 12.0. The van der Waals surface area contributed by atoms with Crippen LogP contribution in [0, 0.1) is 11.8 Å². The Morgan fingerprint density at radius 1 is 1.21 bits per heavy atom. The second kappa shape index (κ2) is 10.9. The van der Waals surface area contributed by atoms with E-state index in [0.717, 1.165) is 63.2 Å². The maximum atomic E-state index is 12.6. The normalized spacial score (nSPS) is 19.2. The molecule has 1 atom stereocenters. The number of nitrogens with one attached hydrogen (secondary N) is 3. The molecule has 9 heteroatoms. The van der Waals surface area contributed by atoms with Gasteiger partial charge in [0.1, 0.15) is 11.6 Å². The first-order chi connectivity index (χ1) is 16.0. The smallest absolute Gasteiger partial charge is 0.229 e. The number of anilines is 2. The van der Waals surface area contributed by atoms with Crippen LogP contribution < -0.4 is 16.0 Å². The number of aromatic nitrogens is 2. The fourth-order valence-corrected chi connectivity index (χ4v) is 4.59. The molecule has 0 aliphatic carbocycles. The number of amides is 2. The van der Waals surface area contributed by atoms with Crippen molar-refractivity contribution in [2.75, 3.05) is 43.4 Å². The number of nitrogens with zero attached hydrogens (tertiary/aromatic N) is 3. The predicted octanol–water partition coefficient (Wildman–Crippen LogP) is 3.41. The minimum atomic E-state index is -0.0485. The Kier molecular flexibility index (Phi) is 7.77. The molecule has 0 saturated carbocycles. The first kappa shape index (κ1) is 23.4. The van der Waals surface area contributed by atoms with Crippen molar-refractivity contribution in [1.29, 1.82) is 0 Å². The van der Waals surface area contributed by atoms with E-state index in [1.165, 1.54) is 0 Å². The maximum Gasteiger partial charge on any atom is 0.229 e. The van der Waals surface area contributed by atoms with Gasteiger partial charge >= 0.3 is 0 Å². The SMILES string of the molecule is CC(=O)N1CCC(CNc2cccc(-c3cc(NC(=O)[C@@H]4CCCNC4)ncc3Cl)n2)CC1. The lowest BCUT2D eigenvalue weighted by atomic mass is 9.97. The molecular weight excluding hydrogens is 440 g/mol. The number of carbonyl (C=O) groups is 2. The molecule has 0 unspecified atom stereocenters. The van der Waals surface area contributed by atoms with Crippen LogP contribution in [0.15, 0.2) is 30.5 Å². The molecule has 4 heterocycles. The van der Waals surface area contributed by atoms with Gasteiger partial charge in [-0.15, -0.1) is 0 Å². The van der Waals surface area contributed by atoms with Gasteiger partial charge in [-0.25, -0.2) is 9.97 Å². The fourth-order valence-electron chi connectivity index (χ4n) is 4.39. The highest BCUT2D eigenvalue weighted by Gasteiger charge is 2.22. The van der Waals surface area contributed by atoms with Crippen LogP contribution in [0.5, 0.6) is 0 Å². The molecule has 8 nitrogen and oxygen atoms in total. The Labute approximate surface area is 199 Å². The summed E-state index contributed by atoms with van der Waals surface area (Å²) < 4.78 is 0. The van der Waals surface area contributed by atoms with Crippen LogP contribution in [0.25, 0.3) is 11.3 Å². The molecule has 2 fully saturated rings. The maximum absolute atomic E-state index is 12.6. The van der Waals surface area contributed by atoms with E-state index in [4.69, 9.17) is 16.6 Å². The number of halogens is 1. The zero-order chi connectivity index (χ0) is 23.2. The van der Waals surface area contributed by atoms with Crippen molar-refractivity contribution in [3.05, 3.63) is 35.5 Å². The fraction of sp³-hybridized carbons (Fsp3) is 0.500. The molecule has 33 heavy (non-hydrogen) atoms. The van der Waals surface area contributed by atoms with Gasteiger partial charge in [-0.3, -0.25) is 9.59 Å². The molecule has 2 amide bonds. The first-order valence-electron chi connectivity index (χ1n) is 11.6. The summed E-state index contributed by atoms with van der Waals surface area (Å²) in [6.07, 6.45) is 5.40. The zero-order valence-electron chi connectivity index (χ0n) is 18.9. The molecule has 3 N–H and O–H groups in total. The minimum absolute atomic E-state index is 0.0258. The van der Waals surface area contributed by atoms with Crippen LogP contribution in [0.4, 0.5) is 11.6 Å². The molecule has 2 saturated heterocycles. The molecule has 0 spiro atoms. The van der Waals surface area contributed by atoms with E-state index in [1.54, 1.807) is 19.2 Å². The van der Waals surface area contributed by atoms with Gasteiger partial charge in [-0.05, 0) is 56.3 Å². The Morgan fingerprint density at radius 2 is 2.03 bits per heavy atom. The van der Waals surface area contributed by atoms with Crippen molar-refractivity contribution < 1.29 is 9.59 Å². The van der Waals surface area contributed by atoms with Crippen molar-refractivity contribution in [2.45, 2.75) is 32.6 Å². The number of piperidine rings is 2. The lowest BCUT2D eigenvalue weighted by Gasteiger charge is -2.31. The van der Waals surface area contributed by atoms with Gasteiger partial charge in [-0.1, -0.05) is 17.7 Å². The third-order valence-corrected chi connectivity index (χ3v) is 6.73. The number of rotatable bonds is 6. The summed E-state index contributed by atoms with van der Waals surface area (Å²) in [5.74, 6) is 1.83. The van der Waals surface area contributed by atoms with Crippen LogP contribution >= 0.6 is 11.6 Å². The van der Waals surface area contributed by atoms with Crippen LogP contribution in [-0.4, -0.2) is 59.4 Å². The Balaban J connectivity index is 1.39. The van der Waals surface area contributed by atoms with Gasteiger partial charge in [0.25, 0.3) is 0 Å². The lowest BCUT2D eigenvalue weighted by molar-refractivity contribution is -0.130. The Hall–Kier alpha value is -2.71. The summed E-state index contributed by atoms with van der Waals surface area (Å²) in [7, 11) is 0. The molecule has 0 radical (unpaired) electrons. The number of hydrogen-bond donors (Lipinski definition) is 3. The summed E-state index contributed by atoms with van der Waals surface area (Å²) in [6.45, 7) is 5.71. The predicted molar refractivity (Wildman–Crippen MR) is 130 cm³/mol. The van der Waals surface area contributed by atoms with Gasteiger partial charge in [0, 0.05) is 44.9 Å². The monoisotopic (exact) mass is 470 g/mol. The molecule has 0 bridgehead atoms. The molecule has 0 aromatic carbocycles. The zero-order valence-corrected chi connectivity index (χ0v) is 19.7. The topological polar surface area (TPSA) is 99.2 Å². The number of likely N-dealkylation sites (tertiary alicyclic amines) is 1. The minimum Gasteiger partial charge on any atom is -0.370 e. The molecule has 2 aromatic rings. The lowest BCUT2D eigenvalue weighted by Crippen LogP contribution is -2.38. The van der Waals surface area contributed by atoms with Crippen molar-refractivity contribution >= 4 is 35.1 Å². The Morgan fingerprint density at radius 3 is 2.76 bits per heavy atom. The number of pyridine rings is 2. The third kappa shape index (κ3) is 6.21. The van der Waals surface area contributed by atoms with Crippen LogP contribution in [0.3, 0.4) is 0 Å². The summed E-state index contributed by atoms with van der Waals surface area (Å²) in [6, 6.07) is 7.54. The van der Waals surface area contributed by atoms with Gasteiger partial charge in [-0.2, -0.15) is 0 Å². The van der Waals surface area contributed by atoms with E-state index in [2.05, 4.69) is 20.9 Å². The van der Waals surface area contributed by atoms with Crippen molar-refractivity contribution in [2.24, 2.45) is 11.8 Å². The van der Waals surface area contributed by atoms with E-state index in [0.29, 0.717) is 29.0 Å². The van der Waals surface area contributed by atoms with Gasteiger partial charge in [0.05, 0.1) is 16.6 Å². The highest BCUT2D eigenvalue weighted by atomic mass is 35.5. The van der Waals surface area contributed by atoms with Crippen LogP contribution in [-0.2, 0) is 9.59 Å². The van der Waals surface area contributed by atoms with E-state index < -0.39 is 0 Å². The second-order valence-electron chi connectivity index (χ2n) is 8.82. The highest BCUT2D eigenvalue weighted by Crippen LogP contribution is 2.29. The third-order valence-electron chi connectivity index (χ3n) is 6.43. The average molecular weight is 471 g/mol. The molecule has 2 aromatic heterocycles. The van der Waals surface area contributed by atoms with Gasteiger partial charge < -0.3 is 20.9 Å². The second-order valence-corrected chi connectivity index (χ2v) is 9.23. The summed E-state index contributed by atoms with van der Waals surface area (Å²) in [4.78, 5) is 35.0. The van der Waals surface area contributed by atoms with Gasteiger partial charge in [0.15, 0.2) is 0 Å². The van der Waals surface area contributed by atoms with Crippen molar-refractivity contribution in [1.82, 2.24) is 20.2 Å². The summed E-state index contributed by atoms with van der Waals surface area (Å²) >= 11 is 6.43. The van der Waals surface area contributed by atoms with Crippen LogP contribution in [0.1, 0.15) is 32.6 Å². The molecular formula is C24H31ClN6O2. The molecule has 176 valence electrons. The van der Waals surface area contributed by atoms with E-state index in [1.807, 2.05) is 23.1 Å². The number of hydrogen-bond acceptors (Lipinski definition) is 6. The van der Waals surface area contributed by atoms with Gasteiger partial charge in [0.2, 0.25) is 11.8 Å². The quantitative estimate of drug-likeness (QED) is 0.598. The molecule has 2 aliphatic heterocycles. The van der Waals surface area contributed by atoms with E-state index >= 15 is 0 Å². The number of carbonyl (C=O) groups excluding carboxylic acids is 2.